The number of halogens is 2. The van der Waals surface area contributed by atoms with Gasteiger partial charge in [-0.2, -0.15) is 0 Å². The van der Waals surface area contributed by atoms with Crippen LogP contribution < -0.4 is 19.5 Å². The highest BCUT2D eigenvalue weighted by Crippen LogP contribution is 2.27. The summed E-state index contributed by atoms with van der Waals surface area (Å²) in [6, 6.07) is 9.80. The molecule has 0 fully saturated rings. The van der Waals surface area contributed by atoms with Crippen LogP contribution in [0.3, 0.4) is 0 Å². The molecule has 2 aromatic carbocycles. The Morgan fingerprint density at radius 2 is 1.43 bits per heavy atom. The molecule has 0 aliphatic heterocycles. The first kappa shape index (κ1) is 17.2. The minimum absolute atomic E-state index is 0.180. The minimum Gasteiger partial charge on any atom is -0.496 e. The highest BCUT2D eigenvalue weighted by atomic mass is 35.5. The molecule has 0 atom stereocenters. The van der Waals surface area contributed by atoms with Crippen LogP contribution in [0.5, 0.6) is 17.2 Å². The molecule has 0 aliphatic rings. The van der Waals surface area contributed by atoms with Gasteiger partial charge in [0.2, 0.25) is 0 Å². The SMILES string of the molecule is COc1cc(OC)cc(OCC(=O)Nc2cc(Cl)cc(Cl)c2)c1. The Hall–Kier alpha value is -2.11. The number of ether oxygens (including phenoxy) is 3. The lowest BCUT2D eigenvalue weighted by Gasteiger charge is -2.11. The fourth-order valence-electron chi connectivity index (χ4n) is 1.84. The van der Waals surface area contributed by atoms with Gasteiger partial charge in [0.1, 0.15) is 17.2 Å². The molecule has 0 bridgehead atoms. The summed E-state index contributed by atoms with van der Waals surface area (Å²) in [6.07, 6.45) is 0. The van der Waals surface area contributed by atoms with Crippen molar-refractivity contribution in [3.8, 4) is 17.2 Å². The van der Waals surface area contributed by atoms with E-state index in [1.54, 1.807) is 36.4 Å². The van der Waals surface area contributed by atoms with E-state index in [1.807, 2.05) is 0 Å². The Labute approximate surface area is 144 Å². The molecule has 0 heterocycles. The van der Waals surface area contributed by atoms with Gasteiger partial charge in [-0.05, 0) is 18.2 Å². The van der Waals surface area contributed by atoms with Gasteiger partial charge in [0.25, 0.3) is 5.91 Å². The summed E-state index contributed by atoms with van der Waals surface area (Å²) in [5.74, 6) is 1.26. The molecule has 5 nitrogen and oxygen atoms in total. The summed E-state index contributed by atoms with van der Waals surface area (Å²) in [5, 5.41) is 3.53. The maximum atomic E-state index is 11.9. The predicted octanol–water partition coefficient (Wildman–Crippen LogP) is 4.03. The minimum atomic E-state index is -0.342. The number of rotatable bonds is 6. The van der Waals surface area contributed by atoms with Gasteiger partial charge in [0, 0.05) is 33.9 Å². The van der Waals surface area contributed by atoms with Crippen LogP contribution in [0.25, 0.3) is 0 Å². The maximum absolute atomic E-state index is 11.9. The highest BCUT2D eigenvalue weighted by molar-refractivity contribution is 6.35. The van der Waals surface area contributed by atoms with Crippen LogP contribution in [0.1, 0.15) is 0 Å². The second-order valence-corrected chi connectivity index (χ2v) is 5.42. The van der Waals surface area contributed by atoms with E-state index >= 15 is 0 Å². The Morgan fingerprint density at radius 1 is 0.913 bits per heavy atom. The molecule has 0 spiro atoms. The second kappa shape index (κ2) is 7.94. The van der Waals surface area contributed by atoms with Crippen LogP contribution in [0.2, 0.25) is 10.0 Å². The molecule has 1 amide bonds. The summed E-state index contributed by atoms with van der Waals surface area (Å²) in [6.45, 7) is -0.180. The molecule has 1 N–H and O–H groups in total. The van der Waals surface area contributed by atoms with Crippen molar-refractivity contribution in [2.45, 2.75) is 0 Å². The topological polar surface area (TPSA) is 56.8 Å². The van der Waals surface area contributed by atoms with Crippen molar-refractivity contribution in [1.29, 1.82) is 0 Å². The van der Waals surface area contributed by atoms with Gasteiger partial charge in [-0.15, -0.1) is 0 Å². The van der Waals surface area contributed by atoms with Gasteiger partial charge < -0.3 is 19.5 Å². The number of methoxy groups -OCH3 is 2. The van der Waals surface area contributed by atoms with Crippen molar-refractivity contribution < 1.29 is 19.0 Å². The van der Waals surface area contributed by atoms with Crippen LogP contribution in [-0.2, 0) is 4.79 Å². The molecule has 0 aliphatic carbocycles. The molecule has 2 aromatic rings. The lowest BCUT2D eigenvalue weighted by atomic mass is 10.3. The number of hydrogen-bond donors (Lipinski definition) is 1. The van der Waals surface area contributed by atoms with E-state index in [1.165, 1.54) is 14.2 Å². The van der Waals surface area contributed by atoms with Crippen molar-refractivity contribution in [2.75, 3.05) is 26.1 Å². The van der Waals surface area contributed by atoms with Crippen molar-refractivity contribution in [2.24, 2.45) is 0 Å². The number of carbonyl (C=O) groups is 1. The number of anilines is 1. The zero-order chi connectivity index (χ0) is 16.8. The van der Waals surface area contributed by atoms with Crippen LogP contribution in [-0.4, -0.2) is 26.7 Å². The molecule has 0 saturated carbocycles. The van der Waals surface area contributed by atoms with Gasteiger partial charge in [-0.25, -0.2) is 0 Å². The van der Waals surface area contributed by atoms with E-state index in [0.29, 0.717) is 33.0 Å². The normalized spacial score (nSPS) is 10.1. The summed E-state index contributed by atoms with van der Waals surface area (Å²) in [4.78, 5) is 11.9. The largest absolute Gasteiger partial charge is 0.496 e. The van der Waals surface area contributed by atoms with E-state index in [9.17, 15) is 4.79 Å². The van der Waals surface area contributed by atoms with Crippen molar-refractivity contribution >= 4 is 34.8 Å². The molecular formula is C16H15Cl2NO4. The zero-order valence-corrected chi connectivity index (χ0v) is 14.1. The van der Waals surface area contributed by atoms with E-state index in [2.05, 4.69) is 5.32 Å². The highest BCUT2D eigenvalue weighted by Gasteiger charge is 2.08. The number of nitrogens with one attached hydrogen (secondary N) is 1. The van der Waals surface area contributed by atoms with Crippen LogP contribution in [0.4, 0.5) is 5.69 Å². The zero-order valence-electron chi connectivity index (χ0n) is 12.6. The first-order valence-electron chi connectivity index (χ1n) is 6.62. The monoisotopic (exact) mass is 355 g/mol. The first-order chi connectivity index (χ1) is 11.0. The lowest BCUT2D eigenvalue weighted by Crippen LogP contribution is -2.20. The standard InChI is InChI=1S/C16H15Cl2NO4/c1-21-13-6-14(22-2)8-15(7-13)23-9-16(20)19-12-4-10(17)3-11(18)5-12/h3-8H,9H2,1-2H3,(H,19,20). The third kappa shape index (κ3) is 5.23. The van der Waals surface area contributed by atoms with Gasteiger partial charge >= 0.3 is 0 Å². The van der Waals surface area contributed by atoms with Gasteiger partial charge in [0.15, 0.2) is 6.61 Å². The number of amides is 1. The molecular weight excluding hydrogens is 341 g/mol. The summed E-state index contributed by atoms with van der Waals surface area (Å²) in [5.41, 5.74) is 0.499. The van der Waals surface area contributed by atoms with Gasteiger partial charge in [0.05, 0.1) is 14.2 Å². The Kier molecular flexibility index (Phi) is 5.96. The molecule has 0 saturated heterocycles. The lowest BCUT2D eigenvalue weighted by molar-refractivity contribution is -0.118. The van der Waals surface area contributed by atoms with Crippen molar-refractivity contribution in [3.63, 3.8) is 0 Å². The quantitative estimate of drug-likeness (QED) is 0.849. The predicted molar refractivity (Wildman–Crippen MR) is 90.1 cm³/mol. The number of carbonyl (C=O) groups excluding carboxylic acids is 1. The number of hydrogen-bond acceptors (Lipinski definition) is 4. The molecule has 0 unspecified atom stereocenters. The smallest absolute Gasteiger partial charge is 0.262 e. The third-order valence-corrected chi connectivity index (χ3v) is 3.28. The summed E-state index contributed by atoms with van der Waals surface area (Å²) in [7, 11) is 3.07. The van der Waals surface area contributed by atoms with Gasteiger partial charge in [-0.1, -0.05) is 23.2 Å². The van der Waals surface area contributed by atoms with Crippen LogP contribution >= 0.6 is 23.2 Å². The van der Waals surface area contributed by atoms with E-state index in [4.69, 9.17) is 37.4 Å². The molecule has 0 radical (unpaired) electrons. The Bertz CT molecular complexity index is 664. The fourth-order valence-corrected chi connectivity index (χ4v) is 2.36. The number of benzene rings is 2. The summed E-state index contributed by atoms with van der Waals surface area (Å²) < 4.78 is 15.7. The van der Waals surface area contributed by atoms with Crippen molar-refractivity contribution in [3.05, 3.63) is 46.4 Å². The molecule has 23 heavy (non-hydrogen) atoms. The maximum Gasteiger partial charge on any atom is 0.262 e. The average Bonchev–Trinajstić information content (AvgIpc) is 2.51. The molecule has 7 heteroatoms. The Morgan fingerprint density at radius 3 is 1.96 bits per heavy atom. The van der Waals surface area contributed by atoms with Crippen LogP contribution in [0, 0.1) is 0 Å². The van der Waals surface area contributed by atoms with Crippen LogP contribution in [0.15, 0.2) is 36.4 Å². The van der Waals surface area contributed by atoms with Gasteiger partial charge in [-0.3, -0.25) is 4.79 Å². The van der Waals surface area contributed by atoms with E-state index < -0.39 is 0 Å². The fraction of sp³-hybridized carbons (Fsp3) is 0.188. The molecule has 0 aromatic heterocycles. The second-order valence-electron chi connectivity index (χ2n) is 4.54. The first-order valence-corrected chi connectivity index (χ1v) is 7.37. The third-order valence-electron chi connectivity index (χ3n) is 2.84. The molecule has 2 rings (SSSR count). The molecule has 122 valence electrons. The van der Waals surface area contributed by atoms with Crippen molar-refractivity contribution in [1.82, 2.24) is 0 Å². The van der Waals surface area contributed by atoms with E-state index in [-0.39, 0.29) is 12.5 Å². The Balaban J connectivity index is 1.98. The van der Waals surface area contributed by atoms with E-state index in [0.717, 1.165) is 0 Å². The average molecular weight is 356 g/mol. The summed E-state index contributed by atoms with van der Waals surface area (Å²) >= 11 is 11.8.